The molecule has 0 bridgehead atoms. The fourth-order valence-electron chi connectivity index (χ4n) is 5.17. The lowest BCUT2D eigenvalue weighted by atomic mass is 9.79. The van der Waals surface area contributed by atoms with Gasteiger partial charge in [0.15, 0.2) is 0 Å². The summed E-state index contributed by atoms with van der Waals surface area (Å²) >= 11 is 0. The summed E-state index contributed by atoms with van der Waals surface area (Å²) in [6.07, 6.45) is 2.97. The number of amides is 1. The summed E-state index contributed by atoms with van der Waals surface area (Å²) in [4.78, 5) is 13.0. The summed E-state index contributed by atoms with van der Waals surface area (Å²) < 4.78 is 52.8. The van der Waals surface area contributed by atoms with Crippen LogP contribution in [0.5, 0.6) is 0 Å². The molecular weight excluding hydrogens is 522 g/mol. The van der Waals surface area contributed by atoms with Gasteiger partial charge in [-0.15, -0.1) is 0 Å². The summed E-state index contributed by atoms with van der Waals surface area (Å²) in [5.74, 6) is -0.332. The number of furan rings is 1. The molecule has 1 aliphatic heterocycles. The highest BCUT2D eigenvalue weighted by atomic mass is 32.2. The van der Waals surface area contributed by atoms with Crippen molar-refractivity contribution in [2.75, 3.05) is 17.6 Å². The average Bonchev–Trinajstić information content (AvgIpc) is 3.60. The van der Waals surface area contributed by atoms with Gasteiger partial charge >= 0.3 is 7.12 Å². The molecule has 1 fully saturated rings. The van der Waals surface area contributed by atoms with Gasteiger partial charge in [-0.25, -0.2) is 12.8 Å². The van der Waals surface area contributed by atoms with E-state index < -0.39 is 23.0 Å². The van der Waals surface area contributed by atoms with Crippen LogP contribution in [0.4, 0.5) is 10.1 Å². The van der Waals surface area contributed by atoms with Crippen molar-refractivity contribution >= 4 is 45.2 Å². The quantitative estimate of drug-likeness (QED) is 0.342. The highest BCUT2D eigenvalue weighted by molar-refractivity contribution is 7.92. The number of benzene rings is 3. The number of hydrogen-bond acceptors (Lipinski definition) is 6. The van der Waals surface area contributed by atoms with Crippen molar-refractivity contribution < 1.29 is 31.7 Å². The van der Waals surface area contributed by atoms with E-state index in [9.17, 15) is 22.6 Å². The van der Waals surface area contributed by atoms with Gasteiger partial charge in [0.2, 0.25) is 10.0 Å². The minimum Gasteiger partial charge on any atom is -0.455 e. The minimum atomic E-state index is -3.73. The number of rotatable bonds is 7. The summed E-state index contributed by atoms with van der Waals surface area (Å²) in [7, 11) is -3.18. The van der Waals surface area contributed by atoms with Crippen LogP contribution in [0.25, 0.3) is 22.3 Å². The van der Waals surface area contributed by atoms with Crippen LogP contribution >= 0.6 is 0 Å². The summed E-state index contributed by atoms with van der Waals surface area (Å²) in [6, 6.07) is 14.6. The number of anilines is 1. The first-order valence-electron chi connectivity index (χ1n) is 12.6. The van der Waals surface area contributed by atoms with Crippen molar-refractivity contribution in [1.82, 2.24) is 5.32 Å². The van der Waals surface area contributed by atoms with E-state index >= 15 is 0 Å². The molecule has 39 heavy (non-hydrogen) atoms. The zero-order valence-electron chi connectivity index (χ0n) is 21.4. The number of carbonyl (C=O) groups excluding carboxylic acids is 1. The molecule has 0 unspecified atom stereocenters. The third-order valence-electron chi connectivity index (χ3n) is 7.28. The predicted octanol–water partition coefficient (Wildman–Crippen LogP) is 3.66. The zero-order chi connectivity index (χ0) is 27.5. The Kier molecular flexibility index (Phi) is 6.24. The first kappa shape index (κ1) is 25.6. The van der Waals surface area contributed by atoms with Gasteiger partial charge in [-0.3, -0.25) is 9.10 Å². The lowest BCUT2D eigenvalue weighted by Gasteiger charge is -2.25. The number of carbonyl (C=O) groups is 1. The van der Waals surface area contributed by atoms with Gasteiger partial charge in [0.05, 0.1) is 30.7 Å². The van der Waals surface area contributed by atoms with Gasteiger partial charge in [0, 0.05) is 24.1 Å². The second-order valence-corrected chi connectivity index (χ2v) is 11.9. The molecule has 1 saturated carbocycles. The molecule has 1 aliphatic carbocycles. The molecule has 2 aliphatic rings. The SMILES string of the molecule is CNC(=O)c1c(-c2ccc(F)cc2)oc2cc(N(Cc3ccc4c(c3)COB4O)S(C)(=O)=O)c(C3CC3)cc12. The number of fused-ring (bicyclic) bond motifs is 2. The summed E-state index contributed by atoms with van der Waals surface area (Å²) in [5, 5.41) is 13.2. The Labute approximate surface area is 225 Å². The molecule has 4 aromatic rings. The Morgan fingerprint density at radius 3 is 2.56 bits per heavy atom. The Morgan fingerprint density at radius 2 is 1.90 bits per heavy atom. The molecule has 3 aromatic carbocycles. The lowest BCUT2D eigenvalue weighted by Crippen LogP contribution is -2.31. The maximum absolute atomic E-state index is 13.6. The molecule has 1 amide bonds. The molecular formula is C28H26BFN2O6S. The van der Waals surface area contributed by atoms with Crippen LogP contribution in [0.15, 0.2) is 59.0 Å². The molecule has 0 radical (unpaired) electrons. The summed E-state index contributed by atoms with van der Waals surface area (Å²) in [6.45, 7) is 0.324. The fourth-order valence-corrected chi connectivity index (χ4v) is 6.07. The highest BCUT2D eigenvalue weighted by Gasteiger charge is 2.34. The maximum Gasteiger partial charge on any atom is 0.491 e. The number of nitrogens with zero attached hydrogens (tertiary/aromatic N) is 1. The molecule has 2 N–H and O–H groups in total. The molecule has 1 aromatic heterocycles. The highest BCUT2D eigenvalue weighted by Crippen LogP contribution is 2.48. The number of hydrogen-bond donors (Lipinski definition) is 2. The van der Waals surface area contributed by atoms with Crippen molar-refractivity contribution in [1.29, 1.82) is 0 Å². The van der Waals surface area contributed by atoms with Crippen molar-refractivity contribution in [2.24, 2.45) is 0 Å². The van der Waals surface area contributed by atoms with E-state index in [0.29, 0.717) is 33.2 Å². The topological polar surface area (TPSA) is 109 Å². The molecule has 0 atom stereocenters. The predicted molar refractivity (Wildman–Crippen MR) is 147 cm³/mol. The summed E-state index contributed by atoms with van der Waals surface area (Å²) in [5.41, 5.74) is 4.75. The molecule has 8 nitrogen and oxygen atoms in total. The largest absolute Gasteiger partial charge is 0.491 e. The van der Waals surface area contributed by atoms with Crippen LogP contribution in [-0.4, -0.2) is 39.8 Å². The molecule has 0 spiro atoms. The van der Waals surface area contributed by atoms with E-state index in [1.807, 2.05) is 12.1 Å². The molecule has 11 heteroatoms. The van der Waals surface area contributed by atoms with Crippen molar-refractivity contribution in [3.05, 3.63) is 82.7 Å². The second-order valence-electron chi connectivity index (χ2n) is 10.0. The van der Waals surface area contributed by atoms with Crippen LogP contribution < -0.4 is 15.1 Å². The van der Waals surface area contributed by atoms with Crippen LogP contribution in [0, 0.1) is 5.82 Å². The molecule has 200 valence electrons. The van der Waals surface area contributed by atoms with Crippen molar-refractivity contribution in [3.8, 4) is 11.3 Å². The zero-order valence-corrected chi connectivity index (χ0v) is 22.2. The van der Waals surface area contributed by atoms with Crippen LogP contribution in [0.2, 0.25) is 0 Å². The smallest absolute Gasteiger partial charge is 0.455 e. The fraction of sp³-hybridized carbons (Fsp3) is 0.250. The van der Waals surface area contributed by atoms with E-state index in [2.05, 4.69) is 5.32 Å². The van der Waals surface area contributed by atoms with Crippen molar-refractivity contribution in [2.45, 2.75) is 31.9 Å². The van der Waals surface area contributed by atoms with E-state index in [4.69, 9.17) is 9.07 Å². The maximum atomic E-state index is 13.6. The van der Waals surface area contributed by atoms with Gasteiger partial charge in [0.1, 0.15) is 17.2 Å². The van der Waals surface area contributed by atoms with Gasteiger partial charge in [0.25, 0.3) is 5.91 Å². The first-order chi connectivity index (χ1) is 18.6. The Morgan fingerprint density at radius 1 is 1.15 bits per heavy atom. The normalized spacial score (nSPS) is 15.0. The Bertz CT molecular complexity index is 1720. The van der Waals surface area contributed by atoms with E-state index in [0.717, 1.165) is 35.8 Å². The van der Waals surface area contributed by atoms with E-state index in [1.165, 1.54) is 23.5 Å². The lowest BCUT2D eigenvalue weighted by molar-refractivity contribution is 0.0964. The van der Waals surface area contributed by atoms with Gasteiger partial charge in [-0.2, -0.15) is 0 Å². The molecule has 0 saturated heterocycles. The number of sulfonamides is 1. The minimum absolute atomic E-state index is 0.0707. The van der Waals surface area contributed by atoms with E-state index in [-0.39, 0.29) is 30.7 Å². The van der Waals surface area contributed by atoms with Crippen LogP contribution in [0.3, 0.4) is 0 Å². The second kappa shape index (κ2) is 9.51. The number of nitrogens with one attached hydrogen (secondary N) is 1. The average molecular weight is 548 g/mol. The Hall–Kier alpha value is -3.67. The number of halogens is 1. The third-order valence-corrected chi connectivity index (χ3v) is 8.41. The first-order valence-corrected chi connectivity index (χ1v) is 14.5. The van der Waals surface area contributed by atoms with Crippen molar-refractivity contribution in [3.63, 3.8) is 0 Å². The van der Waals surface area contributed by atoms with Gasteiger partial charge < -0.3 is 19.4 Å². The molecule has 6 rings (SSSR count). The Balaban J connectivity index is 1.51. The van der Waals surface area contributed by atoms with E-state index in [1.54, 1.807) is 30.3 Å². The monoisotopic (exact) mass is 548 g/mol. The molecule has 2 heterocycles. The van der Waals surface area contributed by atoms with Gasteiger partial charge in [-0.05, 0) is 71.2 Å². The standard InChI is InChI=1S/C28H26BFN2O6S/c1-31-28(33)26-22-12-21(17-4-5-17)24(13-25(22)38-27(26)18-6-8-20(30)9-7-18)32(39(2,35)36)14-16-3-10-23-19(11-16)15-37-29(23)34/h3,6-13,17,34H,4-5,14-15H2,1-2H3,(H,31,33). The van der Waals surface area contributed by atoms with Gasteiger partial charge in [-0.1, -0.05) is 18.2 Å². The van der Waals surface area contributed by atoms with Crippen LogP contribution in [0.1, 0.15) is 45.8 Å². The van der Waals surface area contributed by atoms with Crippen LogP contribution in [-0.2, 0) is 27.8 Å². The third kappa shape index (κ3) is 4.71.